The molecular formula is C126H81N3O2S. The molecule has 132 heavy (non-hydrogen) atoms. The number of rotatable bonds is 12. The lowest BCUT2D eigenvalue weighted by atomic mass is 9.98. The largest absolute Gasteiger partial charge is 0.456 e. The Hall–Kier alpha value is -17.2. The van der Waals surface area contributed by atoms with E-state index in [1.165, 1.54) is 180 Å². The summed E-state index contributed by atoms with van der Waals surface area (Å²) >= 11 is 1.87. The third-order valence-electron chi connectivity index (χ3n) is 26.5. The summed E-state index contributed by atoms with van der Waals surface area (Å²) in [4.78, 5) is 0. The summed E-state index contributed by atoms with van der Waals surface area (Å²) in [5, 5.41) is 14.8. The summed E-state index contributed by atoms with van der Waals surface area (Å²) in [5.74, 6) is 0. The molecule has 27 rings (SSSR count). The van der Waals surface area contributed by atoms with Crippen LogP contribution in [0.4, 0.5) is 0 Å². The summed E-state index contributed by atoms with van der Waals surface area (Å²) in [6.45, 7) is 0. The molecule has 0 saturated carbocycles. The van der Waals surface area contributed by atoms with E-state index in [2.05, 4.69) is 481 Å². The molecule has 0 amide bonds. The molecule has 0 aliphatic carbocycles. The average Bonchev–Trinajstić information content (AvgIpc) is 1.60. The second-order valence-corrected chi connectivity index (χ2v) is 35.2. The van der Waals surface area contributed by atoms with Crippen LogP contribution >= 0.6 is 11.3 Å². The highest BCUT2D eigenvalue weighted by atomic mass is 32.1. The fourth-order valence-electron chi connectivity index (χ4n) is 19.9. The molecule has 618 valence electrons. The number of benzene rings is 21. The van der Waals surface area contributed by atoms with Gasteiger partial charge in [0, 0.05) is 96.7 Å². The Labute approximate surface area is 766 Å². The van der Waals surface area contributed by atoms with Crippen molar-refractivity contribution in [1.29, 1.82) is 0 Å². The Bertz CT molecular complexity index is 8720. The van der Waals surface area contributed by atoms with E-state index in [0.29, 0.717) is 0 Å². The van der Waals surface area contributed by atoms with Gasteiger partial charge in [0.1, 0.15) is 22.3 Å². The number of furan rings is 2. The van der Waals surface area contributed by atoms with Crippen LogP contribution in [0, 0.1) is 0 Å². The van der Waals surface area contributed by atoms with E-state index in [1.54, 1.807) is 0 Å². The van der Waals surface area contributed by atoms with E-state index < -0.39 is 0 Å². The van der Waals surface area contributed by atoms with Gasteiger partial charge in [0.2, 0.25) is 0 Å². The van der Waals surface area contributed by atoms with Crippen LogP contribution in [0.15, 0.2) is 500 Å². The highest BCUT2D eigenvalue weighted by Gasteiger charge is 2.21. The molecular weight excluding hydrogens is 1620 g/mol. The Morgan fingerprint density at radius 2 is 0.409 bits per heavy atom. The normalized spacial score (nSPS) is 11.6. The van der Waals surface area contributed by atoms with Crippen LogP contribution in [-0.4, -0.2) is 13.7 Å². The number of nitrogens with zero attached hydrogens (tertiary/aromatic N) is 3. The van der Waals surface area contributed by atoms with Crippen molar-refractivity contribution in [1.82, 2.24) is 13.7 Å². The molecule has 0 N–H and O–H groups in total. The topological polar surface area (TPSA) is 41.1 Å². The van der Waals surface area contributed by atoms with Crippen LogP contribution < -0.4 is 0 Å². The maximum Gasteiger partial charge on any atom is 0.143 e. The minimum atomic E-state index is 0.920. The summed E-state index contributed by atoms with van der Waals surface area (Å²) < 4.78 is 22.2. The molecule has 0 aliphatic heterocycles. The third-order valence-corrected chi connectivity index (χ3v) is 27.7. The molecule has 0 atom stereocenters. The fourth-order valence-corrected chi connectivity index (χ4v) is 21.0. The summed E-state index contributed by atoms with van der Waals surface area (Å²) in [6, 6.07) is 177. The first-order valence-corrected chi connectivity index (χ1v) is 45.9. The molecule has 0 radical (unpaired) electrons. The molecule has 27 aromatic rings. The van der Waals surface area contributed by atoms with Crippen LogP contribution in [-0.2, 0) is 0 Å². The molecule has 0 saturated heterocycles. The van der Waals surface area contributed by atoms with Crippen molar-refractivity contribution in [3.8, 4) is 117 Å². The van der Waals surface area contributed by atoms with E-state index in [4.69, 9.17) is 8.83 Å². The van der Waals surface area contributed by atoms with Crippen molar-refractivity contribution >= 4 is 141 Å². The number of aromatic nitrogens is 3. The molecule has 21 aromatic carbocycles. The second-order valence-electron chi connectivity index (χ2n) is 34.1. The van der Waals surface area contributed by atoms with Crippen molar-refractivity contribution < 1.29 is 8.83 Å². The first kappa shape index (κ1) is 77.2. The molecule has 0 aliphatic rings. The Morgan fingerprint density at radius 3 is 0.841 bits per heavy atom. The second kappa shape index (κ2) is 32.6. The zero-order chi connectivity index (χ0) is 87.1. The molecule has 0 spiro atoms. The predicted molar refractivity (Wildman–Crippen MR) is 559 cm³/mol. The molecule has 0 bridgehead atoms. The first-order chi connectivity index (χ1) is 65.4. The van der Waals surface area contributed by atoms with Gasteiger partial charge in [0.15, 0.2) is 0 Å². The van der Waals surface area contributed by atoms with E-state index in [0.717, 1.165) is 66.4 Å². The average molecular weight is 1700 g/mol. The van der Waals surface area contributed by atoms with Crippen molar-refractivity contribution in [3.63, 3.8) is 0 Å². The van der Waals surface area contributed by atoms with Crippen LogP contribution in [0.3, 0.4) is 0 Å². The predicted octanol–water partition coefficient (Wildman–Crippen LogP) is 35.5. The number of para-hydroxylation sites is 6. The van der Waals surface area contributed by atoms with Crippen molar-refractivity contribution in [2.45, 2.75) is 0 Å². The lowest BCUT2D eigenvalue weighted by Crippen LogP contribution is -1.93. The van der Waals surface area contributed by atoms with Gasteiger partial charge in [-0.1, -0.05) is 358 Å². The van der Waals surface area contributed by atoms with Crippen molar-refractivity contribution in [2.75, 3.05) is 0 Å². The molecule has 0 fully saturated rings. The van der Waals surface area contributed by atoms with Gasteiger partial charge in [0.25, 0.3) is 0 Å². The molecule has 6 heteroatoms. The lowest BCUT2D eigenvalue weighted by Gasteiger charge is -2.10. The molecule has 6 aromatic heterocycles. The van der Waals surface area contributed by atoms with Crippen LogP contribution in [0.25, 0.3) is 247 Å². The van der Waals surface area contributed by atoms with Gasteiger partial charge in [-0.3, -0.25) is 0 Å². The lowest BCUT2D eigenvalue weighted by molar-refractivity contribution is 0.669. The highest BCUT2D eigenvalue weighted by Crippen LogP contribution is 2.45. The zero-order valence-electron chi connectivity index (χ0n) is 71.8. The van der Waals surface area contributed by atoms with Crippen LogP contribution in [0.1, 0.15) is 0 Å². The Kier molecular flexibility index (Phi) is 19.1. The number of fused-ring (bicyclic) bond motifs is 18. The molecule has 5 nitrogen and oxygen atoms in total. The number of thiophene rings is 1. The maximum absolute atomic E-state index is 6.31. The van der Waals surface area contributed by atoms with Crippen LogP contribution in [0.5, 0.6) is 0 Å². The SMILES string of the molecule is c1ccc(-c2ccc(-c3ccc(-n4c5ccccc5c5cc(-c6ccc7oc8ccccc8c7c6)ccc54)cc3)cc2)cc1.c1ccc(-c2ccc(-c3ccc(-n4c5ccccc5c5cc(-c6ccc7sc8ccccc8c7c6)ccc54)cc3)cc2)cc1.c1ccc(-c2ccc(-n3c4ccccc4c4cc(-c5ccc(-c6cccc7c6oc6ccccc67)cc5)ccc43)cc2)cc1. The van der Waals surface area contributed by atoms with Gasteiger partial charge < -0.3 is 22.5 Å². The summed E-state index contributed by atoms with van der Waals surface area (Å²) in [6.07, 6.45) is 0. The van der Waals surface area contributed by atoms with Gasteiger partial charge in [-0.2, -0.15) is 0 Å². The van der Waals surface area contributed by atoms with E-state index in [1.807, 2.05) is 35.6 Å². The minimum absolute atomic E-state index is 0.920. The molecule has 0 unspecified atom stereocenters. The van der Waals surface area contributed by atoms with Crippen molar-refractivity contribution in [3.05, 3.63) is 491 Å². The summed E-state index contributed by atoms with van der Waals surface area (Å²) in [7, 11) is 0. The van der Waals surface area contributed by atoms with E-state index >= 15 is 0 Å². The third kappa shape index (κ3) is 13.8. The Morgan fingerprint density at radius 1 is 0.144 bits per heavy atom. The van der Waals surface area contributed by atoms with Crippen LogP contribution in [0.2, 0.25) is 0 Å². The van der Waals surface area contributed by atoms with E-state index in [-0.39, 0.29) is 0 Å². The highest BCUT2D eigenvalue weighted by molar-refractivity contribution is 7.25. The van der Waals surface area contributed by atoms with Gasteiger partial charge >= 0.3 is 0 Å². The Balaban J connectivity index is 0.000000106. The molecule has 6 heterocycles. The monoisotopic (exact) mass is 1700 g/mol. The zero-order valence-corrected chi connectivity index (χ0v) is 72.6. The maximum atomic E-state index is 6.31. The smallest absolute Gasteiger partial charge is 0.143 e. The number of hydrogen-bond donors (Lipinski definition) is 0. The van der Waals surface area contributed by atoms with Gasteiger partial charge in [-0.05, 0) is 228 Å². The quantitative estimate of drug-likeness (QED) is 0.122. The van der Waals surface area contributed by atoms with Gasteiger partial charge in [-0.15, -0.1) is 11.3 Å². The van der Waals surface area contributed by atoms with Gasteiger partial charge in [-0.25, -0.2) is 0 Å². The van der Waals surface area contributed by atoms with Crippen molar-refractivity contribution in [2.24, 2.45) is 0 Å². The number of hydrogen-bond acceptors (Lipinski definition) is 3. The van der Waals surface area contributed by atoms with Gasteiger partial charge in [0.05, 0.1) is 33.1 Å². The first-order valence-electron chi connectivity index (χ1n) is 45.0. The fraction of sp³-hybridized carbons (Fsp3) is 0. The summed E-state index contributed by atoms with van der Waals surface area (Å²) in [5.41, 5.74) is 36.2. The minimum Gasteiger partial charge on any atom is -0.456 e. The standard InChI is InChI=1S/2C42H27NO.C42H27NS/c1-2-9-28(10-3-1)29-21-24-33(25-22-29)43-39-15-6-4-11-35(39)38-27-32(23-26-40(38)43)30-17-19-31(20-18-30)34-13-8-14-37-36-12-5-7-16-41(36)44-42(34)37;2*1-2-8-28(9-3-1)29-14-16-30(17-15-29)31-18-22-34(23-19-31)43-39-12-6-4-10-35(39)37-26-32(20-24-40(37)43)33-21-25-42-38(27-33)36-11-5-7-13-41(36)44-42/h3*1-27H. The van der Waals surface area contributed by atoms with E-state index in [9.17, 15) is 0 Å².